The third-order valence-electron chi connectivity index (χ3n) is 7.27. The van der Waals surface area contributed by atoms with Gasteiger partial charge in [0.1, 0.15) is 11.5 Å². The van der Waals surface area contributed by atoms with Crippen LogP contribution < -0.4 is 9.47 Å². The summed E-state index contributed by atoms with van der Waals surface area (Å²) in [6, 6.07) is 17.5. The summed E-state index contributed by atoms with van der Waals surface area (Å²) >= 11 is 5.99. The van der Waals surface area contributed by atoms with Crippen molar-refractivity contribution in [3.8, 4) is 11.5 Å². The van der Waals surface area contributed by atoms with E-state index in [-0.39, 0.29) is 24.9 Å². The van der Waals surface area contributed by atoms with Gasteiger partial charge in [0, 0.05) is 46.6 Å². The van der Waals surface area contributed by atoms with E-state index in [1.165, 1.54) is 18.2 Å². The molecule has 5 rings (SSSR count). The van der Waals surface area contributed by atoms with Crippen LogP contribution in [0.5, 0.6) is 11.5 Å². The molecule has 3 aromatic carbocycles. The Kier molecular flexibility index (Phi) is 7.50. The van der Waals surface area contributed by atoms with Crippen LogP contribution in [0.1, 0.15) is 47.4 Å². The minimum absolute atomic E-state index is 0.00525. The SMILES string of the molecule is CCOC(=O)[C@]1(Oc2cccc(Cn3c(C)c(C(=O)c4ccc(Cl)cc4)c4ccc(OC(F)(F)F)cc43)c2)CC1C. The number of halogens is 4. The van der Waals surface area contributed by atoms with E-state index in [2.05, 4.69) is 4.74 Å². The van der Waals surface area contributed by atoms with E-state index >= 15 is 0 Å². The van der Waals surface area contributed by atoms with Crippen LogP contribution in [-0.2, 0) is 16.1 Å². The van der Waals surface area contributed by atoms with Gasteiger partial charge in [0.15, 0.2) is 5.78 Å². The molecule has 1 aliphatic rings. The molecule has 0 aliphatic heterocycles. The van der Waals surface area contributed by atoms with Crippen molar-refractivity contribution in [3.05, 3.63) is 94.1 Å². The molecule has 0 saturated heterocycles. The van der Waals surface area contributed by atoms with Crippen molar-refractivity contribution in [2.24, 2.45) is 5.92 Å². The molecule has 1 fully saturated rings. The van der Waals surface area contributed by atoms with Gasteiger partial charge in [-0.3, -0.25) is 4.79 Å². The minimum Gasteiger partial charge on any atom is -0.475 e. The summed E-state index contributed by atoms with van der Waals surface area (Å²) in [7, 11) is 0. The van der Waals surface area contributed by atoms with E-state index in [1.54, 1.807) is 60.9 Å². The normalized spacial score (nSPS) is 18.3. The van der Waals surface area contributed by atoms with Crippen LogP contribution in [0.2, 0.25) is 5.02 Å². The minimum atomic E-state index is -4.87. The Hall–Kier alpha value is -3.98. The predicted octanol–water partition coefficient (Wildman–Crippen LogP) is 7.50. The van der Waals surface area contributed by atoms with Crippen LogP contribution in [0, 0.1) is 12.8 Å². The van der Waals surface area contributed by atoms with Crippen molar-refractivity contribution in [2.75, 3.05) is 6.61 Å². The number of benzene rings is 3. The van der Waals surface area contributed by atoms with Gasteiger partial charge in [0.05, 0.1) is 17.7 Å². The van der Waals surface area contributed by atoms with Gasteiger partial charge in [-0.1, -0.05) is 30.7 Å². The van der Waals surface area contributed by atoms with Gasteiger partial charge < -0.3 is 18.8 Å². The molecule has 1 aliphatic carbocycles. The lowest BCUT2D eigenvalue weighted by atomic mass is 10.0. The molecule has 0 radical (unpaired) electrons. The number of rotatable bonds is 9. The van der Waals surface area contributed by atoms with Gasteiger partial charge in [0.25, 0.3) is 0 Å². The van der Waals surface area contributed by atoms with Gasteiger partial charge in [0.2, 0.25) is 5.60 Å². The largest absolute Gasteiger partial charge is 0.573 e. The lowest BCUT2D eigenvalue weighted by Crippen LogP contribution is -2.33. The number of fused-ring (bicyclic) bond motifs is 1. The number of hydrogen-bond acceptors (Lipinski definition) is 5. The zero-order valence-corrected chi connectivity index (χ0v) is 23.3. The van der Waals surface area contributed by atoms with E-state index < -0.39 is 23.7 Å². The van der Waals surface area contributed by atoms with Gasteiger partial charge in [-0.25, -0.2) is 4.79 Å². The summed E-state index contributed by atoms with van der Waals surface area (Å²) in [5.74, 6) is -0.636. The van der Waals surface area contributed by atoms with Crippen LogP contribution in [0.15, 0.2) is 66.7 Å². The molecule has 0 bridgehead atoms. The fourth-order valence-corrected chi connectivity index (χ4v) is 5.23. The number of esters is 1. The smallest absolute Gasteiger partial charge is 0.475 e. The molecule has 1 unspecified atom stereocenters. The molecule has 6 nitrogen and oxygen atoms in total. The summed E-state index contributed by atoms with van der Waals surface area (Å²) in [5.41, 5.74) is 1.43. The van der Waals surface area contributed by atoms with E-state index in [4.69, 9.17) is 21.1 Å². The first-order valence-electron chi connectivity index (χ1n) is 13.1. The number of aromatic nitrogens is 1. The zero-order valence-electron chi connectivity index (χ0n) is 22.5. The molecule has 214 valence electrons. The molecule has 1 heterocycles. The fraction of sp³-hybridized carbons (Fsp3) is 0.290. The van der Waals surface area contributed by atoms with Crippen molar-refractivity contribution in [3.63, 3.8) is 0 Å². The average molecular weight is 586 g/mol. The monoisotopic (exact) mass is 585 g/mol. The number of carbonyl (C=O) groups excluding carboxylic acids is 2. The molecule has 0 spiro atoms. The highest BCUT2D eigenvalue weighted by molar-refractivity contribution is 6.30. The highest BCUT2D eigenvalue weighted by Gasteiger charge is 2.62. The summed E-state index contributed by atoms with van der Waals surface area (Å²) < 4.78 is 56.4. The Bertz CT molecular complexity index is 1630. The maximum absolute atomic E-state index is 13.6. The van der Waals surface area contributed by atoms with Gasteiger partial charge in [-0.15, -0.1) is 13.2 Å². The second-order valence-electron chi connectivity index (χ2n) is 10.1. The Morgan fingerprint density at radius 1 is 1.05 bits per heavy atom. The number of nitrogens with zero attached hydrogens (tertiary/aromatic N) is 1. The van der Waals surface area contributed by atoms with E-state index in [0.717, 1.165) is 5.56 Å². The lowest BCUT2D eigenvalue weighted by Gasteiger charge is -2.18. The molecule has 1 aromatic heterocycles. The first-order chi connectivity index (χ1) is 19.4. The molecular formula is C31H27ClF3NO5. The van der Waals surface area contributed by atoms with E-state index in [9.17, 15) is 22.8 Å². The molecular weight excluding hydrogens is 559 g/mol. The third kappa shape index (κ3) is 5.77. The molecule has 0 amide bonds. The highest BCUT2D eigenvalue weighted by Crippen LogP contribution is 2.48. The summed E-state index contributed by atoms with van der Waals surface area (Å²) in [5, 5.41) is 0.958. The zero-order chi connectivity index (χ0) is 29.5. The van der Waals surface area contributed by atoms with Crippen LogP contribution in [0.3, 0.4) is 0 Å². The second kappa shape index (κ2) is 10.8. The number of ketones is 1. The molecule has 0 N–H and O–H groups in total. The van der Waals surface area contributed by atoms with E-state index in [0.29, 0.717) is 44.9 Å². The molecule has 41 heavy (non-hydrogen) atoms. The predicted molar refractivity (Wildman–Crippen MR) is 148 cm³/mol. The molecule has 1 saturated carbocycles. The Morgan fingerprint density at radius 2 is 1.76 bits per heavy atom. The van der Waals surface area contributed by atoms with Crippen molar-refractivity contribution in [2.45, 2.75) is 45.7 Å². The maximum atomic E-state index is 13.6. The average Bonchev–Trinajstić information content (AvgIpc) is 3.49. The first-order valence-corrected chi connectivity index (χ1v) is 13.4. The lowest BCUT2D eigenvalue weighted by molar-refractivity contribution is -0.274. The molecule has 2 atom stereocenters. The summed E-state index contributed by atoms with van der Waals surface area (Å²) in [4.78, 5) is 26.2. The van der Waals surface area contributed by atoms with Crippen LogP contribution >= 0.6 is 11.6 Å². The highest BCUT2D eigenvalue weighted by atomic mass is 35.5. The Labute approximate surface area is 239 Å². The third-order valence-corrected chi connectivity index (χ3v) is 7.52. The topological polar surface area (TPSA) is 66.8 Å². The van der Waals surface area contributed by atoms with Crippen LogP contribution in [0.4, 0.5) is 13.2 Å². The fourth-order valence-electron chi connectivity index (χ4n) is 5.11. The van der Waals surface area contributed by atoms with Crippen molar-refractivity contribution in [1.82, 2.24) is 4.57 Å². The summed E-state index contributed by atoms with van der Waals surface area (Å²) in [6.07, 6.45) is -4.34. The maximum Gasteiger partial charge on any atom is 0.573 e. The van der Waals surface area contributed by atoms with Crippen LogP contribution in [-0.4, -0.2) is 34.9 Å². The number of ether oxygens (including phenoxy) is 3. The quantitative estimate of drug-likeness (QED) is 0.150. The van der Waals surface area contributed by atoms with E-state index in [1.807, 2.05) is 13.0 Å². The number of hydrogen-bond donors (Lipinski definition) is 0. The first kappa shape index (κ1) is 28.5. The van der Waals surface area contributed by atoms with Crippen molar-refractivity contribution >= 4 is 34.3 Å². The van der Waals surface area contributed by atoms with Crippen molar-refractivity contribution in [1.29, 1.82) is 0 Å². The Balaban J connectivity index is 1.54. The number of carbonyl (C=O) groups is 2. The van der Waals surface area contributed by atoms with Crippen LogP contribution in [0.25, 0.3) is 10.9 Å². The van der Waals surface area contributed by atoms with Gasteiger partial charge in [-0.05, 0) is 67.9 Å². The Morgan fingerprint density at radius 3 is 2.39 bits per heavy atom. The molecule has 10 heteroatoms. The second-order valence-corrected chi connectivity index (χ2v) is 10.5. The number of alkyl halides is 3. The van der Waals surface area contributed by atoms with Gasteiger partial charge >= 0.3 is 12.3 Å². The van der Waals surface area contributed by atoms with Crippen molar-refractivity contribution < 1.29 is 37.0 Å². The van der Waals surface area contributed by atoms with Gasteiger partial charge in [-0.2, -0.15) is 0 Å². The molecule has 4 aromatic rings. The standard InChI is InChI=1S/C31H27ClF3NO5/c1-4-39-29(38)30(16-18(30)2)40-23-7-5-6-20(14-23)17-36-19(3)27(28(37)21-8-10-22(32)11-9-21)25-13-12-24(15-26(25)36)41-31(33,34)35/h5-15,18H,4,16-17H2,1-3H3/t18?,30-/m0/s1. The summed E-state index contributed by atoms with van der Waals surface area (Å²) in [6.45, 7) is 5.85.